The average Bonchev–Trinajstić information content (AvgIpc) is 2.44. The van der Waals surface area contributed by atoms with Crippen LogP contribution < -0.4 is 0 Å². The van der Waals surface area contributed by atoms with Crippen molar-refractivity contribution in [2.24, 2.45) is 0 Å². The maximum absolute atomic E-state index is 11.8. The second kappa shape index (κ2) is 7.75. The van der Waals surface area contributed by atoms with Gasteiger partial charge in [-0.1, -0.05) is 50.3 Å². The summed E-state index contributed by atoms with van der Waals surface area (Å²) in [5, 5.41) is 0. The van der Waals surface area contributed by atoms with Crippen LogP contribution in [0.5, 0.6) is 0 Å². The number of unbranched alkanes of at least 4 members (excludes halogenated alkanes) is 1. The Balaban J connectivity index is 3.02. The molecule has 0 spiro atoms. The molecule has 21 heavy (non-hydrogen) atoms. The second-order valence-corrected chi connectivity index (χ2v) is 5.75. The first-order valence-electron chi connectivity index (χ1n) is 6.47. The lowest BCUT2D eigenvalue weighted by Crippen LogP contribution is -2.14. The number of carbonyl (C=O) groups excluding carboxylic acids is 1. The van der Waals surface area contributed by atoms with Gasteiger partial charge in [-0.25, -0.2) is 4.79 Å². The zero-order valence-electron chi connectivity index (χ0n) is 11.8. The van der Waals surface area contributed by atoms with Gasteiger partial charge in [-0.2, -0.15) is 8.42 Å². The highest BCUT2D eigenvalue weighted by atomic mass is 32.2. The Kier molecular flexibility index (Phi) is 6.33. The van der Waals surface area contributed by atoms with E-state index in [1.165, 1.54) is 6.08 Å². The number of ether oxygens (including phenoxy) is 1. The van der Waals surface area contributed by atoms with Crippen LogP contribution in [0.25, 0.3) is 6.08 Å². The molecule has 0 saturated carbocycles. The Morgan fingerprint density at radius 3 is 2.48 bits per heavy atom. The van der Waals surface area contributed by atoms with Crippen molar-refractivity contribution in [2.45, 2.75) is 19.8 Å². The summed E-state index contributed by atoms with van der Waals surface area (Å²) in [6, 6.07) is 8.45. The minimum atomic E-state index is -4.58. The lowest BCUT2D eigenvalue weighted by Gasteiger charge is -2.08. The van der Waals surface area contributed by atoms with Gasteiger partial charge in [-0.15, -0.1) is 0 Å². The molecule has 114 valence electrons. The maximum Gasteiger partial charge on any atom is 0.338 e. The Labute approximate surface area is 124 Å². The Morgan fingerprint density at radius 1 is 1.33 bits per heavy atom. The van der Waals surface area contributed by atoms with Crippen LogP contribution in [0.1, 0.15) is 25.3 Å². The molecular weight excluding hydrogens is 292 g/mol. The van der Waals surface area contributed by atoms with Gasteiger partial charge < -0.3 is 4.74 Å². The van der Waals surface area contributed by atoms with E-state index in [1.807, 2.05) is 6.92 Å². The topological polar surface area (TPSA) is 80.7 Å². The third-order valence-corrected chi connectivity index (χ3v) is 3.57. The van der Waals surface area contributed by atoms with E-state index in [4.69, 9.17) is 4.74 Å². The van der Waals surface area contributed by atoms with Gasteiger partial charge >= 0.3 is 5.97 Å². The third kappa shape index (κ3) is 5.53. The SMILES string of the molecule is C=C(C(=O)OCCCC)C(=Cc1ccccc1)S(=O)(=O)O. The third-order valence-electron chi connectivity index (χ3n) is 2.65. The molecule has 6 heteroatoms. The lowest BCUT2D eigenvalue weighted by molar-refractivity contribution is -0.138. The summed E-state index contributed by atoms with van der Waals surface area (Å²) in [6.07, 6.45) is 2.69. The van der Waals surface area contributed by atoms with Crippen molar-refractivity contribution >= 4 is 22.2 Å². The summed E-state index contributed by atoms with van der Waals surface area (Å²) in [7, 11) is -4.58. The van der Waals surface area contributed by atoms with Crippen molar-refractivity contribution in [1.82, 2.24) is 0 Å². The largest absolute Gasteiger partial charge is 0.462 e. The van der Waals surface area contributed by atoms with Crippen LogP contribution in [0.3, 0.4) is 0 Å². The molecule has 0 unspecified atom stereocenters. The van der Waals surface area contributed by atoms with Crippen LogP contribution in [0, 0.1) is 0 Å². The Morgan fingerprint density at radius 2 is 1.95 bits per heavy atom. The molecular formula is C15H18O5S. The summed E-state index contributed by atoms with van der Waals surface area (Å²) in [4.78, 5) is 11.2. The van der Waals surface area contributed by atoms with Gasteiger partial charge in [0.2, 0.25) is 0 Å². The van der Waals surface area contributed by atoms with Crippen molar-refractivity contribution in [3.05, 3.63) is 53.0 Å². The number of carbonyl (C=O) groups is 1. The molecule has 0 bridgehead atoms. The fourth-order valence-corrected chi connectivity index (χ4v) is 2.19. The molecule has 0 fully saturated rings. The van der Waals surface area contributed by atoms with Crippen molar-refractivity contribution in [1.29, 1.82) is 0 Å². The fraction of sp³-hybridized carbons (Fsp3) is 0.267. The maximum atomic E-state index is 11.8. The van der Waals surface area contributed by atoms with E-state index in [0.29, 0.717) is 12.0 Å². The predicted molar refractivity (Wildman–Crippen MR) is 81.0 cm³/mol. The van der Waals surface area contributed by atoms with Gasteiger partial charge in [-0.3, -0.25) is 4.55 Å². The molecule has 0 aliphatic heterocycles. The standard InChI is InChI=1S/C15H18O5S/c1-3-4-10-20-15(16)12(2)14(21(17,18)19)11-13-8-6-5-7-9-13/h5-9,11H,2-4,10H2,1H3,(H,17,18,19). The number of esters is 1. The van der Waals surface area contributed by atoms with E-state index in [2.05, 4.69) is 6.58 Å². The van der Waals surface area contributed by atoms with E-state index < -0.39 is 26.6 Å². The first-order chi connectivity index (χ1) is 9.86. The molecule has 1 aromatic rings. The molecule has 0 aliphatic rings. The van der Waals surface area contributed by atoms with Crippen molar-refractivity contribution in [3.8, 4) is 0 Å². The van der Waals surface area contributed by atoms with Crippen LogP contribution in [-0.4, -0.2) is 25.5 Å². The summed E-state index contributed by atoms with van der Waals surface area (Å²) in [5.74, 6) is -0.858. The fourth-order valence-electron chi connectivity index (χ4n) is 1.51. The van der Waals surface area contributed by atoms with Crippen molar-refractivity contribution in [2.75, 3.05) is 6.61 Å². The monoisotopic (exact) mass is 310 g/mol. The average molecular weight is 310 g/mol. The van der Waals surface area contributed by atoms with Crippen LogP contribution >= 0.6 is 0 Å². The molecule has 1 rings (SSSR count). The molecule has 0 aliphatic carbocycles. The molecule has 0 aromatic heterocycles. The van der Waals surface area contributed by atoms with Crippen LogP contribution in [-0.2, 0) is 19.6 Å². The zero-order valence-corrected chi connectivity index (χ0v) is 12.6. The van der Waals surface area contributed by atoms with Crippen LogP contribution in [0.4, 0.5) is 0 Å². The van der Waals surface area contributed by atoms with Crippen molar-refractivity contribution < 1.29 is 22.5 Å². The van der Waals surface area contributed by atoms with E-state index in [1.54, 1.807) is 30.3 Å². The first kappa shape index (κ1) is 17.1. The Hall–Kier alpha value is -1.92. The molecule has 1 aromatic carbocycles. The molecule has 0 saturated heterocycles. The summed E-state index contributed by atoms with van der Waals surface area (Å²) in [5.41, 5.74) is 0.130. The summed E-state index contributed by atoms with van der Waals surface area (Å²) in [6.45, 7) is 5.53. The zero-order chi connectivity index (χ0) is 15.9. The van der Waals surface area contributed by atoms with Crippen molar-refractivity contribution in [3.63, 3.8) is 0 Å². The summed E-state index contributed by atoms with van der Waals surface area (Å²) >= 11 is 0. The number of hydrogen-bond donors (Lipinski definition) is 1. The highest BCUT2D eigenvalue weighted by Crippen LogP contribution is 2.20. The van der Waals surface area contributed by atoms with Gasteiger partial charge in [0.15, 0.2) is 0 Å². The van der Waals surface area contributed by atoms with Crippen LogP contribution in [0.15, 0.2) is 47.4 Å². The quantitative estimate of drug-likeness (QED) is 0.275. The molecule has 1 N–H and O–H groups in total. The van der Waals surface area contributed by atoms with E-state index >= 15 is 0 Å². The summed E-state index contributed by atoms with van der Waals surface area (Å²) < 4.78 is 37.0. The highest BCUT2D eigenvalue weighted by molar-refractivity contribution is 7.90. The normalized spacial score (nSPS) is 12.0. The van der Waals surface area contributed by atoms with Gasteiger partial charge in [-0.05, 0) is 18.1 Å². The van der Waals surface area contributed by atoms with E-state index in [0.717, 1.165) is 6.42 Å². The van der Waals surface area contributed by atoms with Gasteiger partial charge in [0.25, 0.3) is 10.1 Å². The Bertz CT molecular complexity index is 629. The number of benzene rings is 1. The molecule has 0 heterocycles. The highest BCUT2D eigenvalue weighted by Gasteiger charge is 2.23. The minimum Gasteiger partial charge on any atom is -0.462 e. The first-order valence-corrected chi connectivity index (χ1v) is 7.91. The van der Waals surface area contributed by atoms with Gasteiger partial charge in [0, 0.05) is 0 Å². The molecule has 0 amide bonds. The molecule has 5 nitrogen and oxygen atoms in total. The minimum absolute atomic E-state index is 0.179. The molecule has 0 atom stereocenters. The molecule has 0 radical (unpaired) electrons. The number of hydrogen-bond acceptors (Lipinski definition) is 4. The van der Waals surface area contributed by atoms with Crippen LogP contribution in [0.2, 0.25) is 0 Å². The van der Waals surface area contributed by atoms with Gasteiger partial charge in [0.05, 0.1) is 12.2 Å². The smallest absolute Gasteiger partial charge is 0.338 e. The number of rotatable bonds is 7. The van der Waals surface area contributed by atoms with E-state index in [-0.39, 0.29) is 6.61 Å². The second-order valence-electron chi connectivity index (χ2n) is 4.36. The van der Waals surface area contributed by atoms with Gasteiger partial charge in [0.1, 0.15) is 4.91 Å². The lowest BCUT2D eigenvalue weighted by atomic mass is 10.1. The van der Waals surface area contributed by atoms with E-state index in [9.17, 15) is 17.8 Å². The predicted octanol–water partition coefficient (Wildman–Crippen LogP) is 2.81.